The van der Waals surface area contributed by atoms with Crippen LogP contribution in [0.1, 0.15) is 0 Å². The van der Waals surface area contributed by atoms with Crippen LogP contribution >= 0.6 is 0 Å². The fourth-order valence-electron chi connectivity index (χ4n) is 1.76. The quantitative estimate of drug-likeness (QED) is 0.812. The number of alkyl halides is 3. The van der Waals surface area contributed by atoms with E-state index >= 15 is 0 Å². The first-order chi connectivity index (χ1) is 9.68. The first kappa shape index (κ1) is 15.4. The largest absolute Gasteiger partial charge is 0.497 e. The maximum atomic E-state index is 12.1. The molecule has 0 atom stereocenters. The minimum absolute atomic E-state index is 0.181. The number of halogens is 3. The Kier molecular flexibility index (Phi) is 3.99. The van der Waals surface area contributed by atoms with Crippen LogP contribution in [0.4, 0.5) is 13.2 Å². The molecular weight excluding hydrogens is 309 g/mol. The molecule has 0 aromatic heterocycles. The molecule has 21 heavy (non-hydrogen) atoms. The zero-order valence-corrected chi connectivity index (χ0v) is 11.7. The van der Waals surface area contributed by atoms with Crippen molar-refractivity contribution in [2.45, 2.75) is 6.18 Å². The second-order valence-corrected chi connectivity index (χ2v) is 5.85. The summed E-state index contributed by atoms with van der Waals surface area (Å²) in [6.45, 7) is 0. The van der Waals surface area contributed by atoms with Gasteiger partial charge in [0.1, 0.15) is 11.5 Å². The fourth-order valence-corrected chi connectivity index (χ4v) is 2.61. The van der Waals surface area contributed by atoms with Crippen molar-refractivity contribution in [1.29, 1.82) is 0 Å². The van der Waals surface area contributed by atoms with Gasteiger partial charge >= 0.3 is 16.3 Å². The topological polar surface area (TPSA) is 52.6 Å². The normalized spacial score (nSPS) is 12.4. The molecule has 0 fully saturated rings. The predicted molar refractivity (Wildman–Crippen MR) is 71.0 cm³/mol. The van der Waals surface area contributed by atoms with E-state index in [1.165, 1.54) is 19.2 Å². The summed E-state index contributed by atoms with van der Waals surface area (Å²) in [5, 5.41) is 1.37. The molecular formula is C13H11F3O4S. The Morgan fingerprint density at radius 1 is 1.00 bits per heavy atom. The second kappa shape index (κ2) is 5.44. The lowest BCUT2D eigenvalue weighted by atomic mass is 10.1. The number of rotatable bonds is 4. The van der Waals surface area contributed by atoms with Gasteiger partial charge in [0.2, 0.25) is 0 Å². The summed E-state index contributed by atoms with van der Waals surface area (Å²) in [6, 6.07) is 9.26. The van der Waals surface area contributed by atoms with Crippen molar-refractivity contribution in [2.75, 3.05) is 12.9 Å². The number of ether oxygens (including phenoxy) is 1. The molecule has 0 aliphatic rings. The van der Waals surface area contributed by atoms with E-state index in [0.717, 1.165) is 5.39 Å². The standard InChI is InChI=1S/C13H11F3O4S/c1-19-11-4-2-9-3-5-12(7-10(9)6-11)20-21(17,18)8-13(14,15)16/h2-7H,8H2,1H3. The van der Waals surface area contributed by atoms with Crippen molar-refractivity contribution in [2.24, 2.45) is 0 Å². The van der Waals surface area contributed by atoms with E-state index in [9.17, 15) is 21.6 Å². The highest BCUT2D eigenvalue weighted by molar-refractivity contribution is 7.87. The third kappa shape index (κ3) is 4.25. The zero-order chi connectivity index (χ0) is 15.7. The lowest BCUT2D eigenvalue weighted by molar-refractivity contribution is -0.107. The minimum Gasteiger partial charge on any atom is -0.497 e. The van der Waals surface area contributed by atoms with Gasteiger partial charge in [0, 0.05) is 0 Å². The average Bonchev–Trinajstić information content (AvgIpc) is 2.34. The summed E-state index contributed by atoms with van der Waals surface area (Å²) in [5.41, 5.74) is 0. The van der Waals surface area contributed by atoms with Crippen molar-refractivity contribution in [3.63, 3.8) is 0 Å². The van der Waals surface area contributed by atoms with Crippen molar-refractivity contribution in [3.8, 4) is 11.5 Å². The average molecular weight is 320 g/mol. The summed E-state index contributed by atoms with van der Waals surface area (Å²) in [5.74, 6) is -1.67. The van der Waals surface area contributed by atoms with Gasteiger partial charge in [-0.3, -0.25) is 0 Å². The van der Waals surface area contributed by atoms with Crippen molar-refractivity contribution < 1.29 is 30.5 Å². The molecule has 8 heteroatoms. The van der Waals surface area contributed by atoms with Crippen LogP contribution in [0.3, 0.4) is 0 Å². The molecule has 0 saturated heterocycles. The molecule has 2 aromatic carbocycles. The van der Waals surface area contributed by atoms with Crippen LogP contribution in [0.2, 0.25) is 0 Å². The predicted octanol–water partition coefficient (Wildman–Crippen LogP) is 3.12. The lowest BCUT2D eigenvalue weighted by Crippen LogP contribution is -2.26. The molecule has 0 radical (unpaired) electrons. The van der Waals surface area contributed by atoms with Crippen molar-refractivity contribution in [1.82, 2.24) is 0 Å². The molecule has 0 N–H and O–H groups in total. The van der Waals surface area contributed by atoms with Gasteiger partial charge in [-0.1, -0.05) is 12.1 Å². The van der Waals surface area contributed by atoms with E-state index in [4.69, 9.17) is 4.74 Å². The Morgan fingerprint density at radius 2 is 1.57 bits per heavy atom. The fraction of sp³-hybridized carbons (Fsp3) is 0.231. The molecule has 0 saturated carbocycles. The number of hydrogen-bond donors (Lipinski definition) is 0. The summed E-state index contributed by atoms with van der Waals surface area (Å²) < 4.78 is 68.5. The highest BCUT2D eigenvalue weighted by Gasteiger charge is 2.36. The van der Waals surface area contributed by atoms with Gasteiger partial charge in [-0.25, -0.2) is 0 Å². The molecule has 0 bridgehead atoms. The molecule has 0 amide bonds. The van der Waals surface area contributed by atoms with Gasteiger partial charge < -0.3 is 8.92 Å². The molecule has 0 spiro atoms. The Morgan fingerprint density at radius 3 is 2.14 bits per heavy atom. The Bertz CT molecular complexity index is 754. The van der Waals surface area contributed by atoms with Crippen LogP contribution in [0.15, 0.2) is 36.4 Å². The van der Waals surface area contributed by atoms with E-state index < -0.39 is 22.0 Å². The Labute approximate surface area is 119 Å². The highest BCUT2D eigenvalue weighted by Crippen LogP contribution is 2.27. The van der Waals surface area contributed by atoms with E-state index in [2.05, 4.69) is 4.18 Å². The maximum absolute atomic E-state index is 12.1. The van der Waals surface area contributed by atoms with Crippen LogP contribution in [0, 0.1) is 0 Å². The van der Waals surface area contributed by atoms with E-state index in [0.29, 0.717) is 11.1 Å². The molecule has 4 nitrogen and oxygen atoms in total. The van der Waals surface area contributed by atoms with Gasteiger partial charge in [-0.2, -0.15) is 21.6 Å². The van der Waals surface area contributed by atoms with Crippen LogP contribution in [-0.4, -0.2) is 27.5 Å². The summed E-state index contributed by atoms with van der Waals surface area (Å²) in [4.78, 5) is 0. The number of fused-ring (bicyclic) bond motifs is 1. The SMILES string of the molecule is COc1ccc2ccc(OS(=O)(=O)CC(F)(F)F)cc2c1. The molecule has 0 heterocycles. The lowest BCUT2D eigenvalue weighted by Gasteiger charge is -2.10. The molecule has 0 aliphatic heterocycles. The van der Waals surface area contributed by atoms with Crippen LogP contribution in [0.25, 0.3) is 10.8 Å². The zero-order valence-electron chi connectivity index (χ0n) is 10.8. The highest BCUT2D eigenvalue weighted by atomic mass is 32.2. The summed E-state index contributed by atoms with van der Waals surface area (Å²) >= 11 is 0. The number of methoxy groups -OCH3 is 1. The minimum atomic E-state index is -4.85. The number of hydrogen-bond acceptors (Lipinski definition) is 4. The number of benzene rings is 2. The van der Waals surface area contributed by atoms with Gasteiger partial charge in [0.25, 0.3) is 0 Å². The third-order valence-corrected chi connectivity index (χ3v) is 3.71. The first-order valence-corrected chi connectivity index (χ1v) is 7.33. The molecule has 0 unspecified atom stereocenters. The summed E-state index contributed by atoms with van der Waals surface area (Å²) in [6.07, 6.45) is -4.85. The summed E-state index contributed by atoms with van der Waals surface area (Å²) in [7, 11) is -3.27. The molecule has 2 rings (SSSR count). The Balaban J connectivity index is 2.30. The van der Waals surface area contributed by atoms with E-state index in [1.54, 1.807) is 24.3 Å². The van der Waals surface area contributed by atoms with Gasteiger partial charge in [0.15, 0.2) is 5.75 Å². The second-order valence-electron chi connectivity index (χ2n) is 4.28. The van der Waals surface area contributed by atoms with Crippen LogP contribution in [-0.2, 0) is 10.1 Å². The van der Waals surface area contributed by atoms with Crippen LogP contribution in [0.5, 0.6) is 11.5 Å². The van der Waals surface area contributed by atoms with Gasteiger partial charge in [0.05, 0.1) is 7.11 Å². The van der Waals surface area contributed by atoms with Gasteiger partial charge in [-0.15, -0.1) is 0 Å². The molecule has 2 aromatic rings. The van der Waals surface area contributed by atoms with Crippen LogP contribution < -0.4 is 8.92 Å². The van der Waals surface area contributed by atoms with E-state index in [-0.39, 0.29) is 5.75 Å². The Hall–Kier alpha value is -1.96. The maximum Gasteiger partial charge on any atom is 0.406 e. The monoisotopic (exact) mass is 320 g/mol. The first-order valence-electron chi connectivity index (χ1n) is 5.75. The van der Waals surface area contributed by atoms with Crippen molar-refractivity contribution >= 4 is 20.9 Å². The smallest absolute Gasteiger partial charge is 0.406 e. The third-order valence-electron chi connectivity index (χ3n) is 2.58. The molecule has 0 aliphatic carbocycles. The van der Waals surface area contributed by atoms with Gasteiger partial charge in [-0.05, 0) is 35.0 Å². The van der Waals surface area contributed by atoms with Crippen molar-refractivity contribution in [3.05, 3.63) is 36.4 Å². The van der Waals surface area contributed by atoms with E-state index in [1.807, 2.05) is 0 Å². The molecule has 114 valence electrons.